The summed E-state index contributed by atoms with van der Waals surface area (Å²) in [5, 5.41) is 17.6. The lowest BCUT2D eigenvalue weighted by Crippen LogP contribution is -2.45. The fourth-order valence-electron chi connectivity index (χ4n) is 5.52. The first-order valence-corrected chi connectivity index (χ1v) is 15.3. The molecule has 0 spiro atoms. The first-order valence-electron chi connectivity index (χ1n) is 15.3. The minimum absolute atomic E-state index is 0.0921. The van der Waals surface area contributed by atoms with E-state index in [9.17, 15) is 19.2 Å². The second-order valence-corrected chi connectivity index (χ2v) is 13.0. The van der Waals surface area contributed by atoms with E-state index in [2.05, 4.69) is 20.4 Å². The summed E-state index contributed by atoms with van der Waals surface area (Å²) in [6.07, 6.45) is 3.30. The topological polar surface area (TPSA) is 161 Å². The maximum absolute atomic E-state index is 15.6. The minimum Gasteiger partial charge on any atom is -0.457 e. The zero-order valence-electron chi connectivity index (χ0n) is 27.3. The molecule has 4 aromatic rings. The van der Waals surface area contributed by atoms with E-state index in [0.29, 0.717) is 30.4 Å². The molecule has 2 aromatic heterocycles. The molecule has 1 aliphatic heterocycles. The summed E-state index contributed by atoms with van der Waals surface area (Å²) in [6.45, 7) is 9.09. The van der Waals surface area contributed by atoms with Gasteiger partial charge in [-0.3, -0.25) is 4.79 Å². The zero-order valence-corrected chi connectivity index (χ0v) is 27.3. The Morgan fingerprint density at radius 2 is 1.88 bits per heavy atom. The van der Waals surface area contributed by atoms with E-state index in [1.165, 1.54) is 42.7 Å². The zero-order chi connectivity index (χ0) is 34.8. The summed E-state index contributed by atoms with van der Waals surface area (Å²) in [5.74, 6) is -1.19. The number of carbonyl (C=O) groups is 2. The number of alkyl carbamates (subject to hydrolysis) is 1. The number of nitriles is 1. The van der Waals surface area contributed by atoms with Crippen LogP contribution in [0.15, 0.2) is 60.4 Å². The quantitative estimate of drug-likeness (QED) is 0.174. The molecule has 12 nitrogen and oxygen atoms in total. The number of aromatic nitrogens is 4. The van der Waals surface area contributed by atoms with E-state index >= 15 is 4.39 Å². The highest BCUT2D eigenvalue weighted by atomic mass is 19.1. The van der Waals surface area contributed by atoms with Crippen LogP contribution in [0, 0.1) is 23.0 Å². The number of halogens is 2. The van der Waals surface area contributed by atoms with Crippen LogP contribution >= 0.6 is 0 Å². The van der Waals surface area contributed by atoms with Crippen LogP contribution in [-0.4, -0.2) is 60.4 Å². The Bertz CT molecular complexity index is 1940. The van der Waals surface area contributed by atoms with Crippen molar-refractivity contribution in [2.75, 3.05) is 12.3 Å². The van der Waals surface area contributed by atoms with Crippen LogP contribution in [0.25, 0.3) is 22.3 Å². The van der Waals surface area contributed by atoms with Gasteiger partial charge in [-0.15, -0.1) is 0 Å². The molecule has 2 amide bonds. The summed E-state index contributed by atoms with van der Waals surface area (Å²) < 4.78 is 41.7. The fourth-order valence-corrected chi connectivity index (χ4v) is 5.52. The minimum atomic E-state index is -1.07. The number of nitrogens with one attached hydrogen (secondary N) is 1. The normalized spacial score (nSPS) is 15.3. The summed E-state index contributed by atoms with van der Waals surface area (Å²) >= 11 is 0. The summed E-state index contributed by atoms with van der Waals surface area (Å²) in [5.41, 5.74) is 4.96. The largest absolute Gasteiger partial charge is 0.457 e. The monoisotopic (exact) mass is 658 g/mol. The Kier molecular flexibility index (Phi) is 9.33. The molecule has 1 atom stereocenters. The second kappa shape index (κ2) is 13.3. The number of ether oxygens (including phenoxy) is 2. The molecule has 1 saturated heterocycles. The molecule has 0 unspecified atom stereocenters. The molecule has 3 N–H and O–H groups in total. The molecule has 0 aliphatic carbocycles. The lowest BCUT2D eigenvalue weighted by Gasteiger charge is -2.28. The Morgan fingerprint density at radius 3 is 2.56 bits per heavy atom. The third-order valence-corrected chi connectivity index (χ3v) is 7.49. The van der Waals surface area contributed by atoms with Crippen molar-refractivity contribution < 1.29 is 27.8 Å². The number of amides is 2. The molecule has 0 bridgehead atoms. The van der Waals surface area contributed by atoms with Crippen LogP contribution < -0.4 is 15.8 Å². The SMILES string of the molecule is CC(C)(C=C(C#N)C(=O)N1CCC[C@H]1Cn1nc(-c2ccc(Oc3cccc(F)c3)cc2F)c2c(N)ncnc21)NC(=O)OC(C)(C)C. The number of nitrogens with zero attached hydrogens (tertiary/aromatic N) is 6. The van der Waals surface area contributed by atoms with Gasteiger partial charge in [-0.05, 0) is 77.8 Å². The van der Waals surface area contributed by atoms with Gasteiger partial charge >= 0.3 is 6.09 Å². The van der Waals surface area contributed by atoms with Gasteiger partial charge in [-0.25, -0.2) is 28.2 Å². The van der Waals surface area contributed by atoms with Gasteiger partial charge in [-0.1, -0.05) is 6.07 Å². The number of carbonyl (C=O) groups excluding carboxylic acids is 2. The Morgan fingerprint density at radius 1 is 1.12 bits per heavy atom. The van der Waals surface area contributed by atoms with Gasteiger partial charge in [0, 0.05) is 24.2 Å². The average molecular weight is 659 g/mol. The van der Waals surface area contributed by atoms with Crippen molar-refractivity contribution in [3.05, 3.63) is 72.1 Å². The molecule has 2 aromatic carbocycles. The van der Waals surface area contributed by atoms with Gasteiger partial charge < -0.3 is 25.4 Å². The summed E-state index contributed by atoms with van der Waals surface area (Å²) in [6, 6.07) is 11.3. The van der Waals surface area contributed by atoms with Crippen molar-refractivity contribution in [1.29, 1.82) is 5.26 Å². The fraction of sp³-hybridized carbons (Fsp3) is 0.353. The van der Waals surface area contributed by atoms with Crippen molar-refractivity contribution in [2.24, 2.45) is 0 Å². The van der Waals surface area contributed by atoms with Crippen molar-refractivity contribution in [3.8, 4) is 28.8 Å². The number of nitrogens with two attached hydrogens (primary N) is 1. The highest BCUT2D eigenvalue weighted by Gasteiger charge is 2.34. The Hall–Kier alpha value is -5.58. The number of hydrogen-bond acceptors (Lipinski definition) is 9. The third kappa shape index (κ3) is 7.68. The Balaban J connectivity index is 1.40. The second-order valence-electron chi connectivity index (χ2n) is 13.0. The van der Waals surface area contributed by atoms with Crippen LogP contribution in [0.4, 0.5) is 19.4 Å². The van der Waals surface area contributed by atoms with E-state index in [-0.39, 0.29) is 46.7 Å². The molecule has 0 saturated carbocycles. The molecular weight excluding hydrogens is 622 g/mol. The first-order chi connectivity index (χ1) is 22.6. The predicted molar refractivity (Wildman–Crippen MR) is 173 cm³/mol. The van der Waals surface area contributed by atoms with Crippen LogP contribution in [0.1, 0.15) is 47.5 Å². The van der Waals surface area contributed by atoms with Crippen LogP contribution in [-0.2, 0) is 16.1 Å². The summed E-state index contributed by atoms with van der Waals surface area (Å²) in [7, 11) is 0. The molecule has 1 aliphatic rings. The van der Waals surface area contributed by atoms with Gasteiger partial charge in [0.2, 0.25) is 0 Å². The van der Waals surface area contributed by atoms with Crippen LogP contribution in [0.3, 0.4) is 0 Å². The van der Waals surface area contributed by atoms with Gasteiger partial charge in [0.15, 0.2) is 5.65 Å². The molecule has 250 valence electrons. The van der Waals surface area contributed by atoms with Crippen molar-refractivity contribution in [2.45, 2.75) is 71.2 Å². The number of anilines is 1. The van der Waals surface area contributed by atoms with E-state index in [1.54, 1.807) is 50.3 Å². The smallest absolute Gasteiger partial charge is 0.408 e. The highest BCUT2D eigenvalue weighted by Crippen LogP contribution is 2.35. The lowest BCUT2D eigenvalue weighted by molar-refractivity contribution is -0.127. The van der Waals surface area contributed by atoms with E-state index < -0.39 is 34.8 Å². The number of benzene rings is 2. The van der Waals surface area contributed by atoms with E-state index in [4.69, 9.17) is 15.2 Å². The molecule has 5 rings (SSSR count). The molecule has 1 fully saturated rings. The Labute approximate surface area is 276 Å². The van der Waals surface area contributed by atoms with Crippen molar-refractivity contribution in [1.82, 2.24) is 30.0 Å². The average Bonchev–Trinajstić information content (AvgIpc) is 3.60. The number of fused-ring (bicyclic) bond motifs is 1. The molecule has 0 radical (unpaired) electrons. The maximum atomic E-state index is 15.6. The van der Waals surface area contributed by atoms with E-state index in [1.807, 2.05) is 6.07 Å². The maximum Gasteiger partial charge on any atom is 0.408 e. The highest BCUT2D eigenvalue weighted by molar-refractivity contribution is 5.99. The third-order valence-electron chi connectivity index (χ3n) is 7.49. The molecule has 14 heteroatoms. The standard InChI is InChI=1S/C34H36F2N8O4/c1-33(2,3)48-32(46)41-34(4,5)16-20(17-37)31(45)43-13-7-9-22(43)18-44-30-27(29(38)39-19-40-30)28(42-44)25-12-11-24(15-26(25)36)47-23-10-6-8-21(35)14-23/h6,8,10-12,14-16,19,22H,7,9,13,18H2,1-5H3,(H,41,46)(H2,38,39,40)/t22-/m0/s1. The predicted octanol–water partition coefficient (Wildman–Crippen LogP) is 5.89. The first kappa shape index (κ1) is 33.8. The van der Waals surface area contributed by atoms with Crippen molar-refractivity contribution >= 4 is 28.9 Å². The van der Waals surface area contributed by atoms with E-state index in [0.717, 1.165) is 6.07 Å². The lowest BCUT2D eigenvalue weighted by atomic mass is 10.0. The summed E-state index contributed by atoms with van der Waals surface area (Å²) in [4.78, 5) is 36.1. The molecule has 3 heterocycles. The van der Waals surface area contributed by atoms with Gasteiger partial charge in [0.25, 0.3) is 5.91 Å². The molecule has 48 heavy (non-hydrogen) atoms. The number of likely N-dealkylation sites (tertiary alicyclic amines) is 1. The molecular formula is C34H36F2N8O4. The van der Waals surface area contributed by atoms with Crippen LogP contribution in [0.2, 0.25) is 0 Å². The van der Waals surface area contributed by atoms with Crippen LogP contribution in [0.5, 0.6) is 11.5 Å². The van der Waals surface area contributed by atoms with Gasteiger partial charge in [-0.2, -0.15) is 10.4 Å². The number of rotatable bonds is 8. The number of hydrogen-bond donors (Lipinski definition) is 2. The van der Waals surface area contributed by atoms with Gasteiger partial charge in [0.05, 0.1) is 23.5 Å². The van der Waals surface area contributed by atoms with Gasteiger partial charge in [0.1, 0.15) is 58.2 Å². The van der Waals surface area contributed by atoms with Crippen molar-refractivity contribution in [3.63, 3.8) is 0 Å². The number of nitrogen functional groups attached to an aromatic ring is 1.